The van der Waals surface area contributed by atoms with Crippen LogP contribution in [0.4, 0.5) is 10.7 Å². The molecule has 1 aliphatic rings. The molecule has 1 fully saturated rings. The average molecular weight is 384 g/mol. The highest BCUT2D eigenvalue weighted by Crippen LogP contribution is 2.21. The Labute approximate surface area is 166 Å². The van der Waals surface area contributed by atoms with Crippen molar-refractivity contribution in [3.05, 3.63) is 42.4 Å². The zero-order chi connectivity index (χ0) is 19.9. The van der Waals surface area contributed by atoms with Gasteiger partial charge in [-0.05, 0) is 24.0 Å². The fourth-order valence-electron chi connectivity index (χ4n) is 3.28. The number of carbonyl (C=O) groups excluding carboxylic acids is 1. The monoisotopic (exact) mass is 384 g/mol. The predicted molar refractivity (Wildman–Crippen MR) is 107 cm³/mol. The summed E-state index contributed by atoms with van der Waals surface area (Å²) in [7, 11) is 1.59. The largest absolute Gasteiger partial charge is 0.481 e. The molecule has 0 spiro atoms. The number of ether oxygens (including phenoxy) is 1. The normalized spacial score (nSPS) is 15.4. The number of nitrogens with zero attached hydrogens (tertiary/aromatic N) is 5. The molecule has 0 unspecified atom stereocenters. The van der Waals surface area contributed by atoms with Crippen molar-refractivity contribution in [1.29, 1.82) is 0 Å². The van der Waals surface area contributed by atoms with Crippen molar-refractivity contribution >= 4 is 12.0 Å². The fourth-order valence-corrected chi connectivity index (χ4v) is 3.28. The lowest BCUT2D eigenvalue weighted by Gasteiger charge is -2.35. The van der Waals surface area contributed by atoms with Crippen molar-refractivity contribution in [2.75, 3.05) is 38.2 Å². The summed E-state index contributed by atoms with van der Waals surface area (Å²) >= 11 is 0. The first kappa shape index (κ1) is 19.9. The zero-order valence-corrected chi connectivity index (χ0v) is 16.7. The van der Waals surface area contributed by atoms with Crippen LogP contribution >= 0.6 is 0 Å². The van der Waals surface area contributed by atoms with Crippen LogP contribution < -0.4 is 15.0 Å². The maximum absolute atomic E-state index is 12.8. The lowest BCUT2D eigenvalue weighted by Crippen LogP contribution is -2.52. The van der Waals surface area contributed by atoms with Crippen LogP contribution in [0.1, 0.15) is 31.9 Å². The Balaban J connectivity index is 1.59. The van der Waals surface area contributed by atoms with Crippen molar-refractivity contribution in [2.45, 2.75) is 26.3 Å². The molecular formula is C20H28N6O2. The molecule has 2 aromatic heterocycles. The van der Waals surface area contributed by atoms with Gasteiger partial charge in [0, 0.05) is 50.8 Å². The summed E-state index contributed by atoms with van der Waals surface area (Å²) in [5, 5.41) is 3.18. The fraction of sp³-hybridized carbons (Fsp3) is 0.500. The minimum Gasteiger partial charge on any atom is -0.481 e. The molecule has 1 N–H and O–H groups in total. The third-order valence-electron chi connectivity index (χ3n) is 4.77. The lowest BCUT2D eigenvalue weighted by atomic mass is 9.98. The van der Waals surface area contributed by atoms with Crippen LogP contribution in [0.2, 0.25) is 0 Å². The summed E-state index contributed by atoms with van der Waals surface area (Å²) in [5.41, 5.74) is 1.04. The molecule has 1 atom stereocenters. The Bertz CT molecular complexity index is 762. The second-order valence-corrected chi connectivity index (χ2v) is 7.29. The van der Waals surface area contributed by atoms with E-state index >= 15 is 0 Å². The van der Waals surface area contributed by atoms with E-state index in [4.69, 9.17) is 4.74 Å². The number of methoxy groups -OCH3 is 1. The van der Waals surface area contributed by atoms with Crippen LogP contribution in [0, 0.1) is 5.92 Å². The molecule has 8 heteroatoms. The molecule has 3 rings (SSSR count). The van der Waals surface area contributed by atoms with Crippen LogP contribution in [-0.4, -0.2) is 59.2 Å². The van der Waals surface area contributed by atoms with E-state index in [1.165, 1.54) is 0 Å². The van der Waals surface area contributed by atoms with Gasteiger partial charge in [-0.15, -0.1) is 0 Å². The molecule has 2 amide bonds. The summed E-state index contributed by atoms with van der Waals surface area (Å²) in [5.74, 6) is 1.64. The van der Waals surface area contributed by atoms with E-state index < -0.39 is 0 Å². The topological polar surface area (TPSA) is 83.5 Å². The van der Waals surface area contributed by atoms with E-state index in [1.807, 2.05) is 23.2 Å². The second kappa shape index (κ2) is 9.34. The minimum atomic E-state index is -0.0410. The summed E-state index contributed by atoms with van der Waals surface area (Å²) in [6.07, 6.45) is 6.13. The van der Waals surface area contributed by atoms with E-state index in [0.29, 0.717) is 43.9 Å². The highest BCUT2D eigenvalue weighted by Gasteiger charge is 2.25. The van der Waals surface area contributed by atoms with Gasteiger partial charge in [0.15, 0.2) is 0 Å². The van der Waals surface area contributed by atoms with E-state index in [0.717, 1.165) is 12.0 Å². The molecule has 0 aliphatic carbocycles. The quantitative estimate of drug-likeness (QED) is 0.824. The molecular weight excluding hydrogens is 356 g/mol. The van der Waals surface area contributed by atoms with E-state index in [-0.39, 0.29) is 12.1 Å². The number of hydrogen-bond acceptors (Lipinski definition) is 6. The number of anilines is 1. The SMILES string of the molecule is COc1ccnc(N2CCN(C(=O)N[C@H](CC(C)C)c3cccnc3)CC2)n1. The van der Waals surface area contributed by atoms with Crippen molar-refractivity contribution in [3.63, 3.8) is 0 Å². The summed E-state index contributed by atoms with van der Waals surface area (Å²) in [4.78, 5) is 29.6. The Morgan fingerprint density at radius 3 is 2.64 bits per heavy atom. The molecule has 1 saturated heterocycles. The van der Waals surface area contributed by atoms with Crippen molar-refractivity contribution in [1.82, 2.24) is 25.2 Å². The van der Waals surface area contributed by atoms with Gasteiger partial charge in [-0.1, -0.05) is 19.9 Å². The Morgan fingerprint density at radius 2 is 2.00 bits per heavy atom. The average Bonchev–Trinajstić information content (AvgIpc) is 2.73. The van der Waals surface area contributed by atoms with Gasteiger partial charge in [-0.25, -0.2) is 9.78 Å². The summed E-state index contributed by atoms with van der Waals surface area (Å²) < 4.78 is 5.16. The molecule has 0 saturated carbocycles. The van der Waals surface area contributed by atoms with Gasteiger partial charge in [-0.2, -0.15) is 4.98 Å². The van der Waals surface area contributed by atoms with Gasteiger partial charge in [-0.3, -0.25) is 4.98 Å². The second-order valence-electron chi connectivity index (χ2n) is 7.29. The lowest BCUT2D eigenvalue weighted by molar-refractivity contribution is 0.188. The molecule has 0 bridgehead atoms. The number of urea groups is 1. The van der Waals surface area contributed by atoms with Crippen LogP contribution in [0.3, 0.4) is 0 Å². The minimum absolute atomic E-state index is 0.0408. The van der Waals surface area contributed by atoms with Crippen LogP contribution in [0.15, 0.2) is 36.8 Å². The molecule has 3 heterocycles. The van der Waals surface area contributed by atoms with Crippen LogP contribution in [0.5, 0.6) is 5.88 Å². The maximum atomic E-state index is 12.8. The third-order valence-corrected chi connectivity index (χ3v) is 4.77. The summed E-state index contributed by atoms with van der Waals surface area (Å²) in [6.45, 7) is 6.91. The Kier molecular flexibility index (Phi) is 6.62. The predicted octanol–water partition coefficient (Wildman–Crippen LogP) is 2.50. The number of rotatable bonds is 6. The van der Waals surface area contributed by atoms with Gasteiger partial charge < -0.3 is 19.9 Å². The molecule has 28 heavy (non-hydrogen) atoms. The molecule has 0 radical (unpaired) electrons. The number of pyridine rings is 1. The van der Waals surface area contributed by atoms with Gasteiger partial charge in [0.2, 0.25) is 11.8 Å². The molecule has 150 valence electrons. The van der Waals surface area contributed by atoms with E-state index in [9.17, 15) is 4.79 Å². The van der Waals surface area contributed by atoms with Crippen molar-refractivity contribution < 1.29 is 9.53 Å². The smallest absolute Gasteiger partial charge is 0.318 e. The highest BCUT2D eigenvalue weighted by molar-refractivity contribution is 5.75. The Morgan fingerprint density at radius 1 is 1.21 bits per heavy atom. The summed E-state index contributed by atoms with van der Waals surface area (Å²) in [6, 6.07) is 5.56. The number of carbonyl (C=O) groups is 1. The van der Waals surface area contributed by atoms with Gasteiger partial charge >= 0.3 is 6.03 Å². The molecule has 2 aromatic rings. The van der Waals surface area contributed by atoms with E-state index in [2.05, 4.69) is 39.0 Å². The van der Waals surface area contributed by atoms with Crippen LogP contribution in [0.25, 0.3) is 0 Å². The van der Waals surface area contributed by atoms with Crippen LogP contribution in [-0.2, 0) is 0 Å². The third kappa shape index (κ3) is 5.09. The standard InChI is InChI=1S/C20H28N6O2/c1-15(2)13-17(16-5-4-7-21-14-16)23-20(27)26-11-9-25(10-12-26)19-22-8-6-18(24-19)28-3/h4-8,14-15,17H,9-13H2,1-3H3,(H,23,27)/t17-/m1/s1. The van der Waals surface area contributed by atoms with Crippen molar-refractivity contribution in [2.24, 2.45) is 5.92 Å². The van der Waals surface area contributed by atoms with E-state index in [1.54, 1.807) is 25.6 Å². The number of hydrogen-bond donors (Lipinski definition) is 1. The maximum Gasteiger partial charge on any atom is 0.318 e. The number of piperazine rings is 1. The number of aromatic nitrogens is 3. The van der Waals surface area contributed by atoms with Crippen molar-refractivity contribution in [3.8, 4) is 5.88 Å². The highest BCUT2D eigenvalue weighted by atomic mass is 16.5. The van der Waals surface area contributed by atoms with Gasteiger partial charge in [0.25, 0.3) is 0 Å². The molecule has 8 nitrogen and oxygen atoms in total. The number of amides is 2. The number of nitrogens with one attached hydrogen (secondary N) is 1. The first-order valence-corrected chi connectivity index (χ1v) is 9.64. The molecule has 0 aromatic carbocycles. The van der Waals surface area contributed by atoms with Gasteiger partial charge in [0.1, 0.15) is 0 Å². The molecule has 1 aliphatic heterocycles. The zero-order valence-electron chi connectivity index (χ0n) is 16.7. The first-order chi connectivity index (χ1) is 13.6. The first-order valence-electron chi connectivity index (χ1n) is 9.64. The van der Waals surface area contributed by atoms with Gasteiger partial charge in [0.05, 0.1) is 13.2 Å². The Hall–Kier alpha value is -2.90.